The Morgan fingerprint density at radius 2 is 2.04 bits per heavy atom. The van der Waals surface area contributed by atoms with E-state index in [1.807, 2.05) is 26.4 Å². The van der Waals surface area contributed by atoms with Gasteiger partial charge in [-0.2, -0.15) is 0 Å². The lowest BCUT2D eigenvalue weighted by molar-refractivity contribution is 0.0268. The minimum absolute atomic E-state index is 0. The number of guanidine groups is 1. The van der Waals surface area contributed by atoms with Gasteiger partial charge in [0.2, 0.25) is 0 Å². The number of rotatable bonds is 8. The van der Waals surface area contributed by atoms with Gasteiger partial charge in [0.1, 0.15) is 0 Å². The number of benzene rings is 1. The monoisotopic (exact) mass is 471 g/mol. The lowest BCUT2D eigenvalue weighted by atomic mass is 10.1. The number of hydrogen-bond donors (Lipinski definition) is 2. The van der Waals surface area contributed by atoms with E-state index in [1.165, 1.54) is 11.1 Å². The van der Waals surface area contributed by atoms with Crippen LogP contribution in [0.15, 0.2) is 48.0 Å². The third-order valence-electron chi connectivity index (χ3n) is 3.91. The molecule has 0 aliphatic carbocycles. The summed E-state index contributed by atoms with van der Waals surface area (Å²) in [5.41, 5.74) is 2.19. The largest absolute Gasteiger partial charge is 0.377 e. The summed E-state index contributed by atoms with van der Waals surface area (Å²) < 4.78 is 7.50. The minimum atomic E-state index is -0.235. The van der Waals surface area contributed by atoms with Gasteiger partial charge in [0.25, 0.3) is 0 Å². The molecule has 0 radical (unpaired) electrons. The molecule has 26 heavy (non-hydrogen) atoms. The minimum Gasteiger partial charge on any atom is -0.377 e. The predicted octanol–water partition coefficient (Wildman–Crippen LogP) is 3.03. The molecule has 1 aromatic carbocycles. The summed E-state index contributed by atoms with van der Waals surface area (Å²) in [7, 11) is 1.72. The Morgan fingerprint density at radius 1 is 1.27 bits per heavy atom. The Bertz CT molecular complexity index is 670. The molecule has 2 N–H and O–H groups in total. The molecule has 0 amide bonds. The van der Waals surface area contributed by atoms with Crippen molar-refractivity contribution in [2.75, 3.05) is 20.2 Å². The first-order valence-corrected chi connectivity index (χ1v) is 8.63. The van der Waals surface area contributed by atoms with Crippen molar-refractivity contribution >= 4 is 29.9 Å². The maximum atomic E-state index is 5.44. The molecule has 0 fully saturated rings. The summed E-state index contributed by atoms with van der Waals surface area (Å²) in [5.74, 6) is 0.799. The van der Waals surface area contributed by atoms with Gasteiger partial charge in [-0.05, 0) is 31.9 Å². The van der Waals surface area contributed by atoms with Crippen molar-refractivity contribution in [3.8, 4) is 0 Å². The molecule has 2 aromatic rings. The summed E-state index contributed by atoms with van der Waals surface area (Å²) in [6.45, 7) is 9.10. The van der Waals surface area contributed by atoms with Gasteiger partial charge in [0, 0.05) is 39.1 Å². The smallest absolute Gasteiger partial charge is 0.191 e. The molecule has 0 aliphatic heterocycles. The summed E-state index contributed by atoms with van der Waals surface area (Å²) in [5, 5.41) is 6.61. The topological polar surface area (TPSA) is 63.5 Å². The molecule has 0 bridgehead atoms. The van der Waals surface area contributed by atoms with Crippen LogP contribution in [0.25, 0.3) is 0 Å². The lowest BCUT2D eigenvalue weighted by Gasteiger charge is -2.24. The van der Waals surface area contributed by atoms with Gasteiger partial charge < -0.3 is 19.9 Å². The normalized spacial score (nSPS) is 11.8. The molecular weight excluding hydrogens is 441 g/mol. The average Bonchev–Trinajstić information content (AvgIpc) is 3.11. The van der Waals surface area contributed by atoms with Gasteiger partial charge >= 0.3 is 0 Å². The van der Waals surface area contributed by atoms with E-state index in [9.17, 15) is 0 Å². The van der Waals surface area contributed by atoms with Crippen molar-refractivity contribution in [1.82, 2.24) is 20.2 Å². The summed E-state index contributed by atoms with van der Waals surface area (Å²) in [4.78, 5) is 8.76. The average molecular weight is 471 g/mol. The number of nitrogens with zero attached hydrogens (tertiary/aromatic N) is 3. The number of aliphatic imine (C=N–C) groups is 1. The second-order valence-corrected chi connectivity index (χ2v) is 6.57. The molecule has 0 spiro atoms. The molecule has 1 aromatic heterocycles. The van der Waals surface area contributed by atoms with Crippen LogP contribution in [0.4, 0.5) is 0 Å². The zero-order chi connectivity index (χ0) is 18.1. The van der Waals surface area contributed by atoms with Crippen molar-refractivity contribution in [2.45, 2.75) is 39.5 Å². The molecule has 7 heteroatoms. The Labute approximate surface area is 173 Å². The van der Waals surface area contributed by atoms with E-state index in [0.717, 1.165) is 19.0 Å². The van der Waals surface area contributed by atoms with Gasteiger partial charge in [-0.3, -0.25) is 0 Å². The fraction of sp³-hybridized carbons (Fsp3) is 0.474. The van der Waals surface area contributed by atoms with E-state index in [0.29, 0.717) is 13.1 Å². The van der Waals surface area contributed by atoms with Gasteiger partial charge in [-0.25, -0.2) is 9.98 Å². The van der Waals surface area contributed by atoms with Gasteiger partial charge in [0.05, 0.1) is 18.5 Å². The zero-order valence-electron chi connectivity index (χ0n) is 16.0. The van der Waals surface area contributed by atoms with Crippen LogP contribution in [-0.4, -0.2) is 41.3 Å². The Morgan fingerprint density at radius 3 is 2.69 bits per heavy atom. The maximum Gasteiger partial charge on any atom is 0.191 e. The number of imidazole rings is 1. The quantitative estimate of drug-likeness (QED) is 0.353. The first-order chi connectivity index (χ1) is 12.0. The van der Waals surface area contributed by atoms with Crippen molar-refractivity contribution in [3.63, 3.8) is 0 Å². The first-order valence-electron chi connectivity index (χ1n) is 8.63. The highest BCUT2D eigenvalue weighted by atomic mass is 127. The van der Waals surface area contributed by atoms with Gasteiger partial charge in [-0.1, -0.05) is 24.3 Å². The van der Waals surface area contributed by atoms with Crippen LogP contribution in [0.3, 0.4) is 0 Å². The highest BCUT2D eigenvalue weighted by molar-refractivity contribution is 14.0. The molecular formula is C19H30IN5O. The Hall–Kier alpha value is -1.61. The van der Waals surface area contributed by atoms with Crippen molar-refractivity contribution in [3.05, 3.63) is 54.1 Å². The van der Waals surface area contributed by atoms with E-state index in [1.54, 1.807) is 13.3 Å². The molecule has 1 heterocycles. The lowest BCUT2D eigenvalue weighted by Crippen LogP contribution is -2.45. The molecule has 0 unspecified atom stereocenters. The number of methoxy groups -OCH3 is 1. The van der Waals surface area contributed by atoms with Gasteiger partial charge in [0.15, 0.2) is 5.96 Å². The van der Waals surface area contributed by atoms with Gasteiger partial charge in [-0.15, -0.1) is 24.0 Å². The molecule has 0 saturated carbocycles. The highest BCUT2D eigenvalue weighted by Crippen LogP contribution is 2.09. The van der Waals surface area contributed by atoms with E-state index in [-0.39, 0.29) is 29.6 Å². The van der Waals surface area contributed by atoms with Crippen LogP contribution in [-0.2, 0) is 17.8 Å². The second kappa shape index (κ2) is 11.2. The van der Waals surface area contributed by atoms with Crippen LogP contribution < -0.4 is 10.6 Å². The predicted molar refractivity (Wildman–Crippen MR) is 117 cm³/mol. The van der Waals surface area contributed by atoms with Crippen molar-refractivity contribution in [1.29, 1.82) is 0 Å². The number of nitrogens with one attached hydrogen (secondary N) is 2. The Balaban J connectivity index is 0.00000338. The van der Waals surface area contributed by atoms with E-state index >= 15 is 0 Å². The number of aromatic nitrogens is 2. The van der Waals surface area contributed by atoms with Crippen LogP contribution in [0, 0.1) is 0 Å². The molecule has 0 aliphatic rings. The molecule has 6 nitrogen and oxygen atoms in total. The van der Waals surface area contributed by atoms with Crippen LogP contribution in [0.1, 0.15) is 31.9 Å². The van der Waals surface area contributed by atoms with E-state index in [2.05, 4.69) is 56.4 Å². The van der Waals surface area contributed by atoms with Crippen LogP contribution in [0.5, 0.6) is 0 Å². The first kappa shape index (κ1) is 22.4. The highest BCUT2D eigenvalue weighted by Gasteiger charge is 2.16. The third-order valence-corrected chi connectivity index (χ3v) is 3.91. The standard InChI is InChI=1S/C19H29N5O.HI/c1-5-21-18(23-14-19(2,3)25-4)22-12-16-7-6-8-17(11-16)13-24-10-9-20-15-24;/h6-11,15H,5,12-14H2,1-4H3,(H2,21,22,23);1H. The summed E-state index contributed by atoms with van der Waals surface area (Å²) in [6.07, 6.45) is 5.59. The number of halogens is 1. The van der Waals surface area contributed by atoms with Crippen LogP contribution in [0.2, 0.25) is 0 Å². The summed E-state index contributed by atoms with van der Waals surface area (Å²) >= 11 is 0. The third kappa shape index (κ3) is 7.74. The van der Waals surface area contributed by atoms with E-state index in [4.69, 9.17) is 4.74 Å². The molecule has 2 rings (SSSR count). The number of ether oxygens (including phenoxy) is 1. The second-order valence-electron chi connectivity index (χ2n) is 6.57. The van der Waals surface area contributed by atoms with Crippen molar-refractivity contribution in [2.24, 2.45) is 4.99 Å². The fourth-order valence-corrected chi connectivity index (χ4v) is 2.30. The molecule has 144 valence electrons. The zero-order valence-corrected chi connectivity index (χ0v) is 18.4. The SMILES string of the molecule is CCNC(=NCc1cccc(Cn2ccnc2)c1)NCC(C)(C)OC.I. The molecule has 0 atom stereocenters. The van der Waals surface area contributed by atoms with Crippen molar-refractivity contribution < 1.29 is 4.74 Å². The molecule has 0 saturated heterocycles. The fourth-order valence-electron chi connectivity index (χ4n) is 2.30. The maximum absolute atomic E-state index is 5.44. The summed E-state index contributed by atoms with van der Waals surface area (Å²) in [6, 6.07) is 8.49. The Kier molecular flexibility index (Phi) is 9.64. The van der Waals surface area contributed by atoms with Crippen LogP contribution >= 0.6 is 24.0 Å². The number of hydrogen-bond acceptors (Lipinski definition) is 3. The van der Waals surface area contributed by atoms with E-state index < -0.39 is 0 Å².